The van der Waals surface area contributed by atoms with Gasteiger partial charge in [-0.2, -0.15) is 18.3 Å². The molecule has 34 heavy (non-hydrogen) atoms. The molecule has 0 saturated carbocycles. The highest BCUT2D eigenvalue weighted by Crippen LogP contribution is 2.44. The Labute approximate surface area is 189 Å². The second kappa shape index (κ2) is 8.58. The molecule has 0 fully saturated rings. The molecule has 6 nitrogen and oxygen atoms in total. The first-order valence-corrected chi connectivity index (χ1v) is 10.1. The Morgan fingerprint density at radius 2 is 1.71 bits per heavy atom. The molecule has 3 aromatic rings. The van der Waals surface area contributed by atoms with E-state index >= 15 is 0 Å². The van der Waals surface area contributed by atoms with Crippen molar-refractivity contribution >= 4 is 17.4 Å². The molecular weight excluding hydrogens is 466 g/mol. The molecule has 2 N–H and O–H groups in total. The van der Waals surface area contributed by atoms with Crippen LogP contribution in [0.15, 0.2) is 54.7 Å². The minimum Gasteiger partial charge on any atom is -0.406 e. The van der Waals surface area contributed by atoms with Crippen LogP contribution in [0.1, 0.15) is 40.0 Å². The van der Waals surface area contributed by atoms with Crippen LogP contribution in [0.25, 0.3) is 0 Å². The van der Waals surface area contributed by atoms with Gasteiger partial charge in [0.05, 0.1) is 12.2 Å². The number of halogens is 6. The van der Waals surface area contributed by atoms with Crippen molar-refractivity contribution in [3.63, 3.8) is 0 Å². The standard InChI is InChI=1S/C22H18F6N4O2/c1-12-2-4-13(5-3-12)17-10-18(21(23,24)25)32-19(31-17)16(11-29-32)20(33)30-14-6-8-15(9-7-14)34-22(26,27)28/h2-9,11,17-18,31H,10H2,1H3,(H,30,33). The summed E-state index contributed by atoms with van der Waals surface area (Å²) in [6.45, 7) is 1.86. The minimum atomic E-state index is -4.86. The predicted molar refractivity (Wildman–Crippen MR) is 111 cm³/mol. The van der Waals surface area contributed by atoms with E-state index in [1.165, 1.54) is 12.1 Å². The number of aromatic nitrogens is 2. The average Bonchev–Trinajstić information content (AvgIpc) is 3.17. The number of nitrogens with zero attached hydrogens (tertiary/aromatic N) is 2. The van der Waals surface area contributed by atoms with Crippen LogP contribution < -0.4 is 15.4 Å². The highest BCUT2D eigenvalue weighted by molar-refractivity contribution is 6.07. The maximum atomic E-state index is 13.8. The van der Waals surface area contributed by atoms with Gasteiger partial charge in [0.25, 0.3) is 5.91 Å². The Balaban J connectivity index is 1.59. The molecule has 1 amide bonds. The normalized spacial score (nSPS) is 18.1. The van der Waals surface area contributed by atoms with Gasteiger partial charge in [-0.15, -0.1) is 13.2 Å². The molecule has 2 aromatic carbocycles. The summed E-state index contributed by atoms with van der Waals surface area (Å²) < 4.78 is 82.8. The summed E-state index contributed by atoms with van der Waals surface area (Å²) in [6, 6.07) is 8.69. The number of fused-ring (bicyclic) bond motifs is 1. The maximum absolute atomic E-state index is 13.8. The predicted octanol–water partition coefficient (Wildman–Crippen LogP) is 6.00. The zero-order chi connectivity index (χ0) is 24.7. The van der Waals surface area contributed by atoms with Crippen LogP contribution >= 0.6 is 0 Å². The van der Waals surface area contributed by atoms with E-state index in [1.807, 2.05) is 6.92 Å². The van der Waals surface area contributed by atoms with Crippen molar-refractivity contribution in [3.8, 4) is 5.75 Å². The van der Waals surface area contributed by atoms with Crippen molar-refractivity contribution in [2.24, 2.45) is 0 Å². The van der Waals surface area contributed by atoms with Crippen molar-refractivity contribution in [2.75, 3.05) is 10.6 Å². The van der Waals surface area contributed by atoms with E-state index in [0.29, 0.717) is 5.56 Å². The lowest BCUT2D eigenvalue weighted by molar-refractivity contribution is -0.274. The Hall–Kier alpha value is -3.70. The summed E-state index contributed by atoms with van der Waals surface area (Å²) in [4.78, 5) is 12.8. The lowest BCUT2D eigenvalue weighted by Crippen LogP contribution is -2.36. The summed E-state index contributed by atoms with van der Waals surface area (Å²) in [6.07, 6.45) is -8.76. The molecule has 0 bridgehead atoms. The third-order valence-electron chi connectivity index (χ3n) is 5.31. The van der Waals surface area contributed by atoms with Crippen molar-refractivity contribution in [1.82, 2.24) is 9.78 Å². The SMILES string of the molecule is Cc1ccc(C2CC(C(F)(F)F)n3ncc(C(=O)Nc4ccc(OC(F)(F)F)cc4)c3N2)cc1. The summed E-state index contributed by atoms with van der Waals surface area (Å²) in [7, 11) is 0. The number of rotatable bonds is 4. The molecule has 2 heterocycles. The third kappa shape index (κ3) is 5.10. The Bertz CT molecular complexity index is 1170. The fraction of sp³-hybridized carbons (Fsp3) is 0.273. The molecule has 12 heteroatoms. The fourth-order valence-electron chi connectivity index (χ4n) is 3.68. The topological polar surface area (TPSA) is 68.2 Å². The molecular formula is C22H18F6N4O2. The van der Waals surface area contributed by atoms with Crippen molar-refractivity contribution < 1.29 is 35.9 Å². The zero-order valence-corrected chi connectivity index (χ0v) is 17.5. The van der Waals surface area contributed by atoms with Gasteiger partial charge in [-0.3, -0.25) is 4.79 Å². The van der Waals surface area contributed by atoms with E-state index in [-0.39, 0.29) is 23.5 Å². The number of carbonyl (C=O) groups is 1. The Kier molecular flexibility index (Phi) is 5.92. The molecule has 2 atom stereocenters. The van der Waals surface area contributed by atoms with E-state index in [2.05, 4.69) is 20.5 Å². The van der Waals surface area contributed by atoms with Gasteiger partial charge in [0.1, 0.15) is 17.1 Å². The summed E-state index contributed by atoms with van der Waals surface area (Å²) in [5, 5.41) is 9.22. The zero-order valence-electron chi connectivity index (χ0n) is 17.5. The molecule has 1 aliphatic heterocycles. The summed E-state index contributed by atoms with van der Waals surface area (Å²) >= 11 is 0. The number of benzene rings is 2. The molecule has 1 aliphatic rings. The molecule has 2 unspecified atom stereocenters. The number of nitrogens with one attached hydrogen (secondary N) is 2. The molecule has 1 aromatic heterocycles. The van der Waals surface area contributed by atoms with Crippen LogP contribution in [-0.2, 0) is 0 Å². The van der Waals surface area contributed by atoms with Crippen LogP contribution in [0.2, 0.25) is 0 Å². The average molecular weight is 484 g/mol. The number of anilines is 2. The van der Waals surface area contributed by atoms with E-state index in [4.69, 9.17) is 0 Å². The van der Waals surface area contributed by atoms with Crippen LogP contribution in [0, 0.1) is 6.92 Å². The molecule has 0 saturated heterocycles. The van der Waals surface area contributed by atoms with E-state index < -0.39 is 36.3 Å². The number of carbonyl (C=O) groups excluding carboxylic acids is 1. The number of amides is 1. The number of hydrogen-bond acceptors (Lipinski definition) is 4. The van der Waals surface area contributed by atoms with Crippen LogP contribution in [0.4, 0.5) is 37.8 Å². The molecule has 4 rings (SSSR count). The number of alkyl halides is 6. The van der Waals surface area contributed by atoms with Crippen LogP contribution in [0.3, 0.4) is 0 Å². The Morgan fingerprint density at radius 3 is 2.29 bits per heavy atom. The first kappa shape index (κ1) is 23.5. The van der Waals surface area contributed by atoms with Crippen molar-refractivity contribution in [2.45, 2.75) is 38.0 Å². The third-order valence-corrected chi connectivity index (χ3v) is 5.31. The van der Waals surface area contributed by atoms with Gasteiger partial charge < -0.3 is 15.4 Å². The van der Waals surface area contributed by atoms with E-state index in [0.717, 1.165) is 28.6 Å². The van der Waals surface area contributed by atoms with Crippen LogP contribution in [-0.4, -0.2) is 28.2 Å². The quantitative estimate of drug-likeness (QED) is 0.446. The van der Waals surface area contributed by atoms with Gasteiger partial charge >= 0.3 is 12.5 Å². The van der Waals surface area contributed by atoms with E-state index in [1.54, 1.807) is 24.3 Å². The van der Waals surface area contributed by atoms with Gasteiger partial charge in [0.15, 0.2) is 6.04 Å². The van der Waals surface area contributed by atoms with Gasteiger partial charge in [-0.25, -0.2) is 4.68 Å². The molecule has 180 valence electrons. The first-order chi connectivity index (χ1) is 15.9. The summed E-state index contributed by atoms with van der Waals surface area (Å²) in [5.74, 6) is -1.36. The minimum absolute atomic E-state index is 0.103. The number of aryl methyl sites for hydroxylation is 1. The molecule has 0 radical (unpaired) electrons. The molecule has 0 spiro atoms. The van der Waals surface area contributed by atoms with Gasteiger partial charge in [0, 0.05) is 12.1 Å². The van der Waals surface area contributed by atoms with Gasteiger partial charge in [-0.05, 0) is 36.8 Å². The second-order valence-corrected chi connectivity index (χ2v) is 7.78. The van der Waals surface area contributed by atoms with Crippen LogP contribution in [0.5, 0.6) is 5.75 Å². The largest absolute Gasteiger partial charge is 0.573 e. The molecule has 0 aliphatic carbocycles. The number of hydrogen-bond donors (Lipinski definition) is 2. The van der Waals surface area contributed by atoms with Gasteiger partial charge in [-0.1, -0.05) is 29.8 Å². The van der Waals surface area contributed by atoms with E-state index in [9.17, 15) is 31.1 Å². The van der Waals surface area contributed by atoms with Crippen molar-refractivity contribution in [1.29, 1.82) is 0 Å². The fourth-order valence-corrected chi connectivity index (χ4v) is 3.68. The lowest BCUT2D eigenvalue weighted by atomic mass is 9.96. The van der Waals surface area contributed by atoms with Crippen molar-refractivity contribution in [3.05, 3.63) is 71.4 Å². The van der Waals surface area contributed by atoms with Gasteiger partial charge in [0.2, 0.25) is 0 Å². The Morgan fingerprint density at radius 1 is 1.06 bits per heavy atom. The first-order valence-electron chi connectivity index (χ1n) is 10.1. The highest BCUT2D eigenvalue weighted by atomic mass is 19.4. The highest BCUT2D eigenvalue weighted by Gasteiger charge is 2.47. The maximum Gasteiger partial charge on any atom is 0.573 e. The second-order valence-electron chi connectivity index (χ2n) is 7.78. The summed E-state index contributed by atoms with van der Waals surface area (Å²) in [5.41, 5.74) is 1.56. The monoisotopic (exact) mass is 484 g/mol. The number of ether oxygens (including phenoxy) is 1. The lowest BCUT2D eigenvalue weighted by Gasteiger charge is -2.34. The smallest absolute Gasteiger partial charge is 0.406 e.